The molecule has 0 spiro atoms. The van der Waals surface area contributed by atoms with E-state index in [4.69, 9.17) is 0 Å². The summed E-state index contributed by atoms with van der Waals surface area (Å²) in [5, 5.41) is 3.36. The lowest BCUT2D eigenvalue weighted by Gasteiger charge is -2.31. The van der Waals surface area contributed by atoms with Gasteiger partial charge in [-0.2, -0.15) is 0 Å². The van der Waals surface area contributed by atoms with Crippen LogP contribution in [0.3, 0.4) is 0 Å². The minimum Gasteiger partial charge on any atom is -0.335 e. The van der Waals surface area contributed by atoms with Crippen molar-refractivity contribution in [2.45, 2.75) is 51.5 Å². The Morgan fingerprint density at radius 1 is 1.23 bits per heavy atom. The number of amides is 1. The van der Waals surface area contributed by atoms with Crippen molar-refractivity contribution in [3.63, 3.8) is 0 Å². The van der Waals surface area contributed by atoms with Crippen LogP contribution in [0.15, 0.2) is 24.3 Å². The fourth-order valence-electron chi connectivity index (χ4n) is 3.44. The fourth-order valence-corrected chi connectivity index (χ4v) is 3.44. The molecule has 1 aliphatic carbocycles. The largest absolute Gasteiger partial charge is 0.335 e. The van der Waals surface area contributed by atoms with E-state index in [1.807, 2.05) is 0 Å². The molecule has 0 aromatic heterocycles. The number of benzene rings is 1. The molecule has 2 fully saturated rings. The first-order valence-electron chi connectivity index (χ1n) is 8.81. The highest BCUT2D eigenvalue weighted by atomic mass is 16.2. The summed E-state index contributed by atoms with van der Waals surface area (Å²) in [6.07, 6.45) is 7.35. The Hall–Kier alpha value is -1.35. The van der Waals surface area contributed by atoms with E-state index in [2.05, 4.69) is 41.4 Å². The van der Waals surface area contributed by atoms with Gasteiger partial charge >= 0.3 is 0 Å². The zero-order chi connectivity index (χ0) is 15.4. The highest BCUT2D eigenvalue weighted by molar-refractivity contribution is 5.78. The van der Waals surface area contributed by atoms with Gasteiger partial charge in [-0.3, -0.25) is 4.79 Å². The van der Waals surface area contributed by atoms with Gasteiger partial charge in [0, 0.05) is 6.54 Å². The Balaban J connectivity index is 1.67. The van der Waals surface area contributed by atoms with Gasteiger partial charge in [-0.25, -0.2) is 0 Å². The predicted octanol–water partition coefficient (Wildman–Crippen LogP) is 3.44. The average molecular weight is 300 g/mol. The van der Waals surface area contributed by atoms with Gasteiger partial charge in [-0.15, -0.1) is 0 Å². The lowest BCUT2D eigenvalue weighted by Crippen LogP contribution is -2.41. The number of rotatable bonds is 5. The second kappa shape index (κ2) is 7.28. The van der Waals surface area contributed by atoms with Crippen molar-refractivity contribution >= 4 is 5.91 Å². The van der Waals surface area contributed by atoms with Crippen LogP contribution in [-0.2, 0) is 4.79 Å². The summed E-state index contributed by atoms with van der Waals surface area (Å²) in [6, 6.07) is 8.93. The number of carbonyl (C=O) groups excluding carboxylic acids is 1. The first-order chi connectivity index (χ1) is 10.7. The summed E-state index contributed by atoms with van der Waals surface area (Å²) in [6.45, 7) is 4.54. The van der Waals surface area contributed by atoms with Gasteiger partial charge in [-0.05, 0) is 50.6 Å². The molecule has 1 N–H and O–H groups in total. The SMILES string of the molecule is Cc1cccc(C2CCCCCN2C(=O)CNCC2CC2)c1. The number of likely N-dealkylation sites (tertiary alicyclic amines) is 1. The first kappa shape index (κ1) is 15.5. The van der Waals surface area contributed by atoms with Crippen LogP contribution in [-0.4, -0.2) is 30.4 Å². The zero-order valence-electron chi connectivity index (χ0n) is 13.7. The molecule has 1 saturated heterocycles. The predicted molar refractivity (Wildman–Crippen MR) is 89.7 cm³/mol. The molecular weight excluding hydrogens is 272 g/mol. The van der Waals surface area contributed by atoms with Crippen LogP contribution in [0.4, 0.5) is 0 Å². The normalized spacial score (nSPS) is 22.4. The monoisotopic (exact) mass is 300 g/mol. The van der Waals surface area contributed by atoms with Gasteiger partial charge in [0.25, 0.3) is 0 Å². The molecule has 120 valence electrons. The molecule has 1 heterocycles. The third kappa shape index (κ3) is 4.10. The summed E-state index contributed by atoms with van der Waals surface area (Å²) < 4.78 is 0. The average Bonchev–Trinajstić information content (AvgIpc) is 3.33. The molecule has 2 aliphatic rings. The van der Waals surface area contributed by atoms with Crippen molar-refractivity contribution in [1.82, 2.24) is 10.2 Å². The maximum absolute atomic E-state index is 12.7. The van der Waals surface area contributed by atoms with E-state index >= 15 is 0 Å². The Bertz CT molecular complexity index is 510. The summed E-state index contributed by atoms with van der Waals surface area (Å²) in [7, 11) is 0. The van der Waals surface area contributed by atoms with Crippen LogP contribution in [0.5, 0.6) is 0 Å². The number of nitrogens with zero attached hydrogens (tertiary/aromatic N) is 1. The van der Waals surface area contributed by atoms with E-state index < -0.39 is 0 Å². The highest BCUT2D eigenvalue weighted by Crippen LogP contribution is 2.31. The molecule has 1 atom stereocenters. The van der Waals surface area contributed by atoms with Gasteiger partial charge in [0.05, 0.1) is 12.6 Å². The standard InChI is InChI=1S/C19H28N2O/c1-15-6-5-7-17(12-15)18-8-3-2-4-11-21(18)19(22)14-20-13-16-9-10-16/h5-7,12,16,18,20H,2-4,8-11,13-14H2,1H3. The van der Waals surface area contributed by atoms with Gasteiger partial charge in [0.15, 0.2) is 0 Å². The number of carbonyl (C=O) groups is 1. The molecule has 1 amide bonds. The number of hydrogen-bond donors (Lipinski definition) is 1. The molecule has 22 heavy (non-hydrogen) atoms. The molecule has 0 radical (unpaired) electrons. The number of aryl methyl sites for hydroxylation is 1. The Labute approximate surface area is 134 Å². The molecule has 3 nitrogen and oxygen atoms in total. The van der Waals surface area contributed by atoms with E-state index in [9.17, 15) is 4.79 Å². The zero-order valence-corrected chi connectivity index (χ0v) is 13.7. The minimum absolute atomic E-state index is 0.262. The minimum atomic E-state index is 0.262. The Morgan fingerprint density at radius 3 is 2.86 bits per heavy atom. The Morgan fingerprint density at radius 2 is 2.09 bits per heavy atom. The van der Waals surface area contributed by atoms with Crippen molar-refractivity contribution in [3.8, 4) is 0 Å². The van der Waals surface area contributed by atoms with Crippen LogP contribution in [0.25, 0.3) is 0 Å². The topological polar surface area (TPSA) is 32.3 Å². The quantitative estimate of drug-likeness (QED) is 0.903. The Kier molecular flexibility index (Phi) is 5.14. The second-order valence-electron chi connectivity index (χ2n) is 6.94. The molecular formula is C19H28N2O. The van der Waals surface area contributed by atoms with Gasteiger partial charge in [0.2, 0.25) is 5.91 Å². The summed E-state index contributed by atoms with van der Waals surface area (Å²) in [4.78, 5) is 14.8. The van der Waals surface area contributed by atoms with Crippen LogP contribution in [0.2, 0.25) is 0 Å². The molecule has 0 bridgehead atoms. The van der Waals surface area contributed by atoms with Gasteiger partial charge in [0.1, 0.15) is 0 Å². The van der Waals surface area contributed by atoms with E-state index in [1.165, 1.54) is 36.8 Å². The van der Waals surface area contributed by atoms with Gasteiger partial charge in [-0.1, -0.05) is 42.7 Å². The van der Waals surface area contributed by atoms with Gasteiger partial charge < -0.3 is 10.2 Å². The van der Waals surface area contributed by atoms with Crippen LogP contribution in [0, 0.1) is 12.8 Å². The first-order valence-corrected chi connectivity index (χ1v) is 8.81. The van der Waals surface area contributed by atoms with Crippen molar-refractivity contribution in [3.05, 3.63) is 35.4 Å². The van der Waals surface area contributed by atoms with E-state index in [-0.39, 0.29) is 11.9 Å². The number of nitrogens with one attached hydrogen (secondary N) is 1. The van der Waals surface area contributed by atoms with Crippen molar-refractivity contribution in [1.29, 1.82) is 0 Å². The molecule has 3 rings (SSSR count). The third-order valence-corrected chi connectivity index (χ3v) is 4.91. The molecule has 1 aromatic rings. The molecule has 1 aliphatic heterocycles. The van der Waals surface area contributed by atoms with Crippen molar-refractivity contribution in [2.75, 3.05) is 19.6 Å². The fraction of sp³-hybridized carbons (Fsp3) is 0.632. The molecule has 1 aromatic carbocycles. The third-order valence-electron chi connectivity index (χ3n) is 4.91. The van der Waals surface area contributed by atoms with E-state index in [1.54, 1.807) is 0 Å². The maximum Gasteiger partial charge on any atom is 0.237 e. The van der Waals surface area contributed by atoms with Crippen LogP contribution in [0.1, 0.15) is 55.7 Å². The molecule has 1 unspecified atom stereocenters. The summed E-state index contributed by atoms with van der Waals surface area (Å²) >= 11 is 0. The van der Waals surface area contributed by atoms with Crippen LogP contribution >= 0.6 is 0 Å². The van der Waals surface area contributed by atoms with Crippen molar-refractivity contribution in [2.24, 2.45) is 5.92 Å². The van der Waals surface area contributed by atoms with Crippen molar-refractivity contribution < 1.29 is 4.79 Å². The van der Waals surface area contributed by atoms with E-state index in [0.29, 0.717) is 6.54 Å². The summed E-state index contributed by atoms with van der Waals surface area (Å²) in [5.74, 6) is 1.10. The molecule has 1 saturated carbocycles. The molecule has 3 heteroatoms. The van der Waals surface area contributed by atoms with E-state index in [0.717, 1.165) is 31.8 Å². The lowest BCUT2D eigenvalue weighted by atomic mass is 9.99. The highest BCUT2D eigenvalue weighted by Gasteiger charge is 2.27. The maximum atomic E-state index is 12.7. The van der Waals surface area contributed by atoms with Crippen LogP contribution < -0.4 is 5.32 Å². The second-order valence-corrected chi connectivity index (χ2v) is 6.94. The number of hydrogen-bond acceptors (Lipinski definition) is 2. The lowest BCUT2D eigenvalue weighted by molar-refractivity contribution is -0.132. The summed E-state index contributed by atoms with van der Waals surface area (Å²) in [5.41, 5.74) is 2.58. The smallest absolute Gasteiger partial charge is 0.237 e.